The van der Waals surface area contributed by atoms with Crippen LogP contribution in [0.4, 0.5) is 0 Å². The Hall–Kier alpha value is -2.49. The fraction of sp³-hybridized carbons (Fsp3) is 0.500. The van der Waals surface area contributed by atoms with Crippen molar-refractivity contribution in [2.24, 2.45) is 5.92 Å². The monoisotopic (exact) mass is 503 g/mol. The normalized spacial score (nSPS) is 25.4. The standard InChI is InChI=1S/C24H26ClN3O5S/c1-32-19-10-14(8-9-26-19)17-6-7-18(34-17)23(30)27-20(13-4-2-3-5-13)24(31)28-11-15(25)22-21(28)16(29)12-33-22/h6-10,13,15,20-22H,2-5,11-12H2,1H3,(H,27,30). The van der Waals surface area contributed by atoms with E-state index in [1.807, 2.05) is 18.2 Å². The summed E-state index contributed by atoms with van der Waals surface area (Å²) >= 11 is 7.74. The van der Waals surface area contributed by atoms with Gasteiger partial charge in [-0.2, -0.15) is 0 Å². The van der Waals surface area contributed by atoms with Crippen molar-refractivity contribution in [1.82, 2.24) is 15.2 Å². The fourth-order valence-electron chi connectivity index (χ4n) is 5.18. The number of methoxy groups -OCH3 is 1. The van der Waals surface area contributed by atoms with Gasteiger partial charge < -0.3 is 19.7 Å². The SMILES string of the molecule is COc1cc(-c2ccc(C(=O)NC(C(=O)N3CC(Cl)C4OCC(=O)C43)C3CCCC3)s2)ccn1. The smallest absolute Gasteiger partial charge is 0.262 e. The van der Waals surface area contributed by atoms with E-state index in [2.05, 4.69) is 10.3 Å². The zero-order chi connectivity index (χ0) is 23.8. The number of ketones is 1. The van der Waals surface area contributed by atoms with Crippen molar-refractivity contribution in [3.63, 3.8) is 0 Å². The predicted molar refractivity (Wildman–Crippen MR) is 127 cm³/mol. The highest BCUT2D eigenvalue weighted by atomic mass is 35.5. The van der Waals surface area contributed by atoms with Gasteiger partial charge in [-0.25, -0.2) is 4.98 Å². The van der Waals surface area contributed by atoms with Crippen molar-refractivity contribution in [1.29, 1.82) is 0 Å². The first-order valence-electron chi connectivity index (χ1n) is 11.5. The van der Waals surface area contributed by atoms with Gasteiger partial charge in [-0.3, -0.25) is 14.4 Å². The second kappa shape index (κ2) is 9.64. The lowest BCUT2D eigenvalue weighted by Crippen LogP contribution is -2.54. The number of ether oxygens (including phenoxy) is 2. The predicted octanol–water partition coefficient (Wildman–Crippen LogP) is 2.89. The maximum absolute atomic E-state index is 13.7. The van der Waals surface area contributed by atoms with Crippen LogP contribution in [0.2, 0.25) is 0 Å². The molecule has 10 heteroatoms. The molecule has 3 fully saturated rings. The van der Waals surface area contributed by atoms with E-state index in [0.717, 1.165) is 36.1 Å². The van der Waals surface area contributed by atoms with Crippen LogP contribution in [-0.4, -0.2) is 71.3 Å². The van der Waals surface area contributed by atoms with Crippen LogP contribution in [0.3, 0.4) is 0 Å². The molecule has 8 nitrogen and oxygen atoms in total. The van der Waals surface area contributed by atoms with Crippen molar-refractivity contribution in [3.05, 3.63) is 35.3 Å². The summed E-state index contributed by atoms with van der Waals surface area (Å²) in [6.07, 6.45) is 4.94. The van der Waals surface area contributed by atoms with Crippen molar-refractivity contribution < 1.29 is 23.9 Å². The molecule has 4 heterocycles. The molecule has 1 saturated carbocycles. The Morgan fingerprint density at radius 3 is 2.85 bits per heavy atom. The first kappa shape index (κ1) is 23.3. The second-order valence-corrected chi connectivity index (χ2v) is 10.6. The van der Waals surface area contributed by atoms with Crippen LogP contribution in [0.1, 0.15) is 35.4 Å². The number of pyridine rings is 1. The molecule has 5 rings (SSSR count). The molecule has 1 aliphatic carbocycles. The molecule has 2 aromatic rings. The Morgan fingerprint density at radius 1 is 1.29 bits per heavy atom. The van der Waals surface area contributed by atoms with E-state index < -0.39 is 23.6 Å². The van der Waals surface area contributed by atoms with E-state index in [1.54, 1.807) is 19.4 Å². The Kier molecular flexibility index (Phi) is 6.59. The Morgan fingerprint density at radius 2 is 2.09 bits per heavy atom. The van der Waals surface area contributed by atoms with Gasteiger partial charge in [-0.05, 0) is 42.5 Å². The molecular weight excluding hydrogens is 478 g/mol. The summed E-state index contributed by atoms with van der Waals surface area (Å²) in [6.45, 7) is 0.216. The van der Waals surface area contributed by atoms with Gasteiger partial charge in [-0.15, -0.1) is 22.9 Å². The minimum absolute atomic E-state index is 0.0272. The van der Waals surface area contributed by atoms with E-state index >= 15 is 0 Å². The zero-order valence-corrected chi connectivity index (χ0v) is 20.3. The van der Waals surface area contributed by atoms with E-state index in [0.29, 0.717) is 10.8 Å². The molecule has 2 amide bonds. The topological polar surface area (TPSA) is 97.8 Å². The molecule has 0 radical (unpaired) electrons. The first-order valence-corrected chi connectivity index (χ1v) is 12.7. The molecular formula is C24H26ClN3O5S. The largest absolute Gasteiger partial charge is 0.481 e. The number of hydrogen-bond donors (Lipinski definition) is 1. The number of nitrogens with zero attached hydrogens (tertiary/aromatic N) is 2. The number of carbonyl (C=O) groups excluding carboxylic acids is 3. The summed E-state index contributed by atoms with van der Waals surface area (Å²) < 4.78 is 10.7. The Bertz CT molecular complexity index is 1100. The van der Waals surface area contributed by atoms with Crippen LogP contribution >= 0.6 is 22.9 Å². The fourth-order valence-corrected chi connectivity index (χ4v) is 6.44. The van der Waals surface area contributed by atoms with Crippen molar-refractivity contribution in [2.45, 2.75) is 49.2 Å². The van der Waals surface area contributed by atoms with E-state index in [4.69, 9.17) is 21.1 Å². The molecule has 0 spiro atoms. The summed E-state index contributed by atoms with van der Waals surface area (Å²) in [5.74, 6) is -0.141. The third-order valence-electron chi connectivity index (χ3n) is 6.89. The van der Waals surface area contributed by atoms with Crippen molar-refractivity contribution in [3.8, 4) is 16.3 Å². The maximum Gasteiger partial charge on any atom is 0.262 e. The van der Waals surface area contributed by atoms with E-state index in [1.165, 1.54) is 16.2 Å². The molecule has 0 aromatic carbocycles. The van der Waals surface area contributed by atoms with Crippen LogP contribution < -0.4 is 10.1 Å². The minimum atomic E-state index is -0.697. The van der Waals surface area contributed by atoms with E-state index in [9.17, 15) is 14.4 Å². The van der Waals surface area contributed by atoms with Gasteiger partial charge in [0.25, 0.3) is 5.91 Å². The number of amides is 2. The average Bonchev–Trinajstić information content (AvgIpc) is 3.64. The number of alkyl halides is 1. The number of likely N-dealkylation sites (tertiary alicyclic amines) is 1. The molecule has 2 aromatic heterocycles. The number of thiophene rings is 1. The molecule has 2 saturated heterocycles. The van der Waals surface area contributed by atoms with Crippen LogP contribution in [0.15, 0.2) is 30.5 Å². The van der Waals surface area contributed by atoms with Gasteiger partial charge in [0.2, 0.25) is 11.8 Å². The van der Waals surface area contributed by atoms with Gasteiger partial charge in [0.05, 0.1) is 17.4 Å². The van der Waals surface area contributed by atoms with Crippen LogP contribution in [0.5, 0.6) is 5.88 Å². The van der Waals surface area contributed by atoms with Crippen LogP contribution in [-0.2, 0) is 14.3 Å². The zero-order valence-electron chi connectivity index (χ0n) is 18.7. The number of rotatable bonds is 6. The number of carbonyl (C=O) groups is 3. The Labute approximate surface area is 206 Å². The lowest BCUT2D eigenvalue weighted by Gasteiger charge is -2.30. The average molecular weight is 504 g/mol. The number of Topliss-reactive ketones (excluding diaryl/α,β-unsaturated/α-hetero) is 1. The van der Waals surface area contributed by atoms with Gasteiger partial charge in [-0.1, -0.05) is 12.8 Å². The lowest BCUT2D eigenvalue weighted by molar-refractivity contribution is -0.139. The number of halogens is 1. The van der Waals surface area contributed by atoms with Gasteiger partial charge >= 0.3 is 0 Å². The minimum Gasteiger partial charge on any atom is -0.481 e. The third-order valence-corrected chi connectivity index (χ3v) is 8.41. The highest BCUT2D eigenvalue weighted by Gasteiger charge is 2.53. The lowest BCUT2D eigenvalue weighted by atomic mass is 9.96. The number of fused-ring (bicyclic) bond motifs is 1. The highest BCUT2D eigenvalue weighted by Crippen LogP contribution is 2.35. The summed E-state index contributed by atoms with van der Waals surface area (Å²) in [4.78, 5) is 46.4. The maximum atomic E-state index is 13.7. The van der Waals surface area contributed by atoms with Gasteiger partial charge in [0.15, 0.2) is 5.78 Å². The molecule has 3 aliphatic rings. The molecule has 4 atom stereocenters. The van der Waals surface area contributed by atoms with Gasteiger partial charge in [0, 0.05) is 23.7 Å². The Balaban J connectivity index is 1.35. The number of aromatic nitrogens is 1. The number of nitrogens with one attached hydrogen (secondary N) is 1. The van der Waals surface area contributed by atoms with Crippen LogP contribution in [0.25, 0.3) is 10.4 Å². The quantitative estimate of drug-likeness (QED) is 0.609. The third kappa shape index (κ3) is 4.32. The number of hydrogen-bond acceptors (Lipinski definition) is 7. The first-order chi connectivity index (χ1) is 16.5. The highest BCUT2D eigenvalue weighted by molar-refractivity contribution is 7.17. The van der Waals surface area contributed by atoms with Crippen LogP contribution in [0, 0.1) is 5.92 Å². The molecule has 34 heavy (non-hydrogen) atoms. The molecule has 2 aliphatic heterocycles. The summed E-state index contributed by atoms with van der Waals surface area (Å²) in [6, 6.07) is 5.94. The summed E-state index contributed by atoms with van der Waals surface area (Å²) in [7, 11) is 1.56. The van der Waals surface area contributed by atoms with Crippen molar-refractivity contribution >= 4 is 40.5 Å². The molecule has 4 unspecified atom stereocenters. The molecule has 1 N–H and O–H groups in total. The second-order valence-electron chi connectivity index (χ2n) is 8.94. The van der Waals surface area contributed by atoms with Gasteiger partial charge in [0.1, 0.15) is 24.8 Å². The van der Waals surface area contributed by atoms with E-state index in [-0.39, 0.29) is 36.7 Å². The summed E-state index contributed by atoms with van der Waals surface area (Å²) in [5.41, 5.74) is 0.898. The summed E-state index contributed by atoms with van der Waals surface area (Å²) in [5, 5.41) is 2.56. The van der Waals surface area contributed by atoms with Crippen molar-refractivity contribution in [2.75, 3.05) is 20.3 Å². The molecule has 180 valence electrons. The molecule has 0 bridgehead atoms.